The molecule has 0 bridgehead atoms. The first-order chi connectivity index (χ1) is 6.09. The molecule has 3 nitrogen and oxygen atoms in total. The van der Waals surface area contributed by atoms with Crippen LogP contribution in [-0.4, -0.2) is 10.9 Å². The summed E-state index contributed by atoms with van der Waals surface area (Å²) in [6.45, 7) is 1.33. The van der Waals surface area contributed by atoms with Gasteiger partial charge in [-0.2, -0.15) is 0 Å². The van der Waals surface area contributed by atoms with Crippen LogP contribution >= 0.6 is 0 Å². The van der Waals surface area contributed by atoms with Crippen LogP contribution in [0.4, 0.5) is 14.5 Å². The molecule has 0 atom stereocenters. The molecule has 0 radical (unpaired) electrons. The molecule has 0 spiro atoms. The minimum Gasteiger partial charge on any atom is -0.325 e. The number of carbonyl (C=O) groups excluding carboxylic acids is 1. The smallest absolute Gasteiger partial charge is 0.280 e. The number of carbonyl (C=O) groups is 1. The molecule has 13 heavy (non-hydrogen) atoms. The van der Waals surface area contributed by atoms with Crippen molar-refractivity contribution in [1.82, 2.24) is 4.98 Å². The van der Waals surface area contributed by atoms with Crippen molar-refractivity contribution >= 4 is 11.6 Å². The largest absolute Gasteiger partial charge is 0.325 e. The monoisotopic (exact) mass is 186 g/mol. The number of halogens is 2. The van der Waals surface area contributed by atoms with Gasteiger partial charge in [0.15, 0.2) is 0 Å². The van der Waals surface area contributed by atoms with Crippen molar-refractivity contribution in [2.45, 2.75) is 13.3 Å². The molecule has 0 aliphatic carbocycles. The number of nitrogens with one attached hydrogen (secondary N) is 1. The van der Waals surface area contributed by atoms with Crippen LogP contribution in [0.25, 0.3) is 0 Å². The molecule has 0 saturated heterocycles. The lowest BCUT2D eigenvalue weighted by Crippen LogP contribution is -2.06. The lowest BCUT2D eigenvalue weighted by Gasteiger charge is -2.02. The Hall–Kier alpha value is -1.52. The van der Waals surface area contributed by atoms with E-state index in [1.807, 2.05) is 0 Å². The number of rotatable bonds is 2. The number of alkyl halides is 2. The van der Waals surface area contributed by atoms with Gasteiger partial charge in [-0.1, -0.05) is 0 Å². The van der Waals surface area contributed by atoms with E-state index >= 15 is 0 Å². The second-order valence-corrected chi connectivity index (χ2v) is 2.45. The van der Waals surface area contributed by atoms with Crippen molar-refractivity contribution in [1.29, 1.82) is 0 Å². The van der Waals surface area contributed by atoms with E-state index in [9.17, 15) is 13.6 Å². The number of hydrogen-bond acceptors (Lipinski definition) is 2. The lowest BCUT2D eigenvalue weighted by atomic mass is 10.3. The Kier molecular flexibility index (Phi) is 2.89. The van der Waals surface area contributed by atoms with Gasteiger partial charge in [-0.15, -0.1) is 0 Å². The second-order valence-electron chi connectivity index (χ2n) is 2.45. The molecule has 1 rings (SSSR count). The normalized spacial score (nSPS) is 10.2. The first-order valence-electron chi connectivity index (χ1n) is 3.61. The first-order valence-corrected chi connectivity index (χ1v) is 3.61. The van der Waals surface area contributed by atoms with E-state index in [2.05, 4.69) is 10.3 Å². The molecule has 70 valence electrons. The lowest BCUT2D eigenvalue weighted by molar-refractivity contribution is -0.114. The Morgan fingerprint density at radius 3 is 2.62 bits per heavy atom. The van der Waals surface area contributed by atoms with Gasteiger partial charge in [0.25, 0.3) is 6.43 Å². The summed E-state index contributed by atoms with van der Waals surface area (Å²) < 4.78 is 24.0. The summed E-state index contributed by atoms with van der Waals surface area (Å²) in [5.41, 5.74) is 0.117. The van der Waals surface area contributed by atoms with Gasteiger partial charge in [0, 0.05) is 6.92 Å². The molecule has 1 amide bonds. The van der Waals surface area contributed by atoms with E-state index in [-0.39, 0.29) is 11.6 Å². The van der Waals surface area contributed by atoms with Gasteiger partial charge in [-0.3, -0.25) is 9.78 Å². The van der Waals surface area contributed by atoms with E-state index in [0.717, 1.165) is 0 Å². The van der Waals surface area contributed by atoms with E-state index in [1.54, 1.807) is 0 Å². The predicted octanol–water partition coefficient (Wildman–Crippen LogP) is 1.98. The van der Waals surface area contributed by atoms with Crippen LogP contribution in [0.15, 0.2) is 18.3 Å². The Bertz CT molecular complexity index is 298. The number of pyridine rings is 1. The molecule has 0 saturated carbocycles. The van der Waals surface area contributed by atoms with Crippen LogP contribution in [0.3, 0.4) is 0 Å². The van der Waals surface area contributed by atoms with Crippen LogP contribution in [0, 0.1) is 0 Å². The van der Waals surface area contributed by atoms with Crippen molar-refractivity contribution < 1.29 is 13.6 Å². The highest BCUT2D eigenvalue weighted by Crippen LogP contribution is 2.17. The maximum Gasteiger partial charge on any atom is 0.280 e. The van der Waals surface area contributed by atoms with Gasteiger partial charge in [0.05, 0.1) is 11.9 Å². The van der Waals surface area contributed by atoms with Gasteiger partial charge >= 0.3 is 0 Å². The summed E-state index contributed by atoms with van der Waals surface area (Å²) in [7, 11) is 0. The van der Waals surface area contributed by atoms with Gasteiger partial charge < -0.3 is 5.32 Å². The fourth-order valence-electron chi connectivity index (χ4n) is 0.812. The molecular formula is C8H8F2N2O. The van der Waals surface area contributed by atoms with Crippen LogP contribution in [0.5, 0.6) is 0 Å². The molecule has 1 aromatic rings. The third-order valence-corrected chi connectivity index (χ3v) is 1.33. The van der Waals surface area contributed by atoms with Crippen molar-refractivity contribution in [2.75, 3.05) is 5.32 Å². The SMILES string of the molecule is CC(=O)Nc1ccc(C(F)F)nc1. The Morgan fingerprint density at radius 1 is 1.54 bits per heavy atom. The Balaban J connectivity index is 2.75. The number of hydrogen-bond donors (Lipinski definition) is 1. The predicted molar refractivity (Wildman–Crippen MR) is 43.5 cm³/mol. The molecule has 0 fully saturated rings. The molecule has 1 N–H and O–H groups in total. The highest BCUT2D eigenvalue weighted by Gasteiger charge is 2.07. The summed E-state index contributed by atoms with van der Waals surface area (Å²) in [6.07, 6.45) is -1.38. The minimum absolute atomic E-state index is 0.258. The molecule has 0 aliphatic heterocycles. The van der Waals surface area contributed by atoms with Gasteiger partial charge in [0.2, 0.25) is 5.91 Å². The quantitative estimate of drug-likeness (QED) is 0.767. The summed E-state index contributed by atoms with van der Waals surface area (Å²) >= 11 is 0. The minimum atomic E-state index is -2.58. The summed E-state index contributed by atoms with van der Waals surface area (Å²) in [5, 5.41) is 2.42. The molecule has 0 aromatic carbocycles. The third-order valence-electron chi connectivity index (χ3n) is 1.33. The van der Waals surface area contributed by atoms with Crippen LogP contribution in [0.2, 0.25) is 0 Å². The molecule has 1 heterocycles. The number of amides is 1. The molecular weight excluding hydrogens is 178 g/mol. The van der Waals surface area contributed by atoms with Crippen LogP contribution in [-0.2, 0) is 4.79 Å². The van der Waals surface area contributed by atoms with Crippen LogP contribution in [0.1, 0.15) is 19.0 Å². The zero-order chi connectivity index (χ0) is 9.84. The fraction of sp³-hybridized carbons (Fsp3) is 0.250. The van der Waals surface area contributed by atoms with E-state index in [1.165, 1.54) is 25.3 Å². The third kappa shape index (κ3) is 2.77. The summed E-state index contributed by atoms with van der Waals surface area (Å²) in [6, 6.07) is 2.56. The summed E-state index contributed by atoms with van der Waals surface area (Å²) in [5.74, 6) is -0.258. The zero-order valence-electron chi connectivity index (χ0n) is 6.92. The van der Waals surface area contributed by atoms with Gasteiger partial charge in [0.1, 0.15) is 5.69 Å². The van der Waals surface area contributed by atoms with Crippen molar-refractivity contribution in [3.8, 4) is 0 Å². The van der Waals surface area contributed by atoms with E-state index < -0.39 is 6.43 Å². The van der Waals surface area contributed by atoms with Crippen molar-refractivity contribution in [3.63, 3.8) is 0 Å². The maximum absolute atomic E-state index is 12.0. The highest BCUT2D eigenvalue weighted by atomic mass is 19.3. The fourth-order valence-corrected chi connectivity index (χ4v) is 0.812. The molecule has 5 heteroatoms. The van der Waals surface area contributed by atoms with Crippen LogP contribution < -0.4 is 5.32 Å². The Labute approximate surface area is 73.8 Å². The molecule has 0 unspecified atom stereocenters. The number of aromatic nitrogens is 1. The number of anilines is 1. The van der Waals surface area contributed by atoms with Gasteiger partial charge in [-0.25, -0.2) is 8.78 Å². The first kappa shape index (κ1) is 9.57. The number of nitrogens with zero attached hydrogens (tertiary/aromatic N) is 1. The average molecular weight is 186 g/mol. The standard InChI is InChI=1S/C8H8F2N2O/c1-5(13)12-6-2-3-7(8(9)10)11-4-6/h2-4,8H,1H3,(H,12,13). The van der Waals surface area contributed by atoms with Gasteiger partial charge in [-0.05, 0) is 12.1 Å². The van der Waals surface area contributed by atoms with Crippen molar-refractivity contribution in [3.05, 3.63) is 24.0 Å². The van der Waals surface area contributed by atoms with E-state index in [4.69, 9.17) is 0 Å². The van der Waals surface area contributed by atoms with E-state index in [0.29, 0.717) is 5.69 Å². The summed E-state index contributed by atoms with van der Waals surface area (Å²) in [4.78, 5) is 14.0. The molecule has 0 aliphatic rings. The zero-order valence-corrected chi connectivity index (χ0v) is 6.92. The average Bonchev–Trinajstić information content (AvgIpc) is 2.04. The highest BCUT2D eigenvalue weighted by molar-refractivity contribution is 5.88. The maximum atomic E-state index is 12.0. The molecule has 1 aromatic heterocycles. The Morgan fingerprint density at radius 2 is 2.23 bits per heavy atom. The topological polar surface area (TPSA) is 42.0 Å². The second kappa shape index (κ2) is 3.93. The van der Waals surface area contributed by atoms with Crippen molar-refractivity contribution in [2.24, 2.45) is 0 Å².